The highest BCUT2D eigenvalue weighted by Gasteiger charge is 2.22. The van der Waals surface area contributed by atoms with Crippen LogP contribution < -0.4 is 10.1 Å². The van der Waals surface area contributed by atoms with Crippen molar-refractivity contribution in [2.75, 3.05) is 12.8 Å². The highest BCUT2D eigenvalue weighted by Crippen LogP contribution is 2.33. The molecule has 0 saturated heterocycles. The van der Waals surface area contributed by atoms with Crippen LogP contribution in [0.5, 0.6) is 5.75 Å². The van der Waals surface area contributed by atoms with Crippen LogP contribution in [0.1, 0.15) is 36.1 Å². The molecule has 1 heterocycles. The highest BCUT2D eigenvalue weighted by molar-refractivity contribution is 8.01. The van der Waals surface area contributed by atoms with Crippen LogP contribution in [-0.4, -0.2) is 28.7 Å². The summed E-state index contributed by atoms with van der Waals surface area (Å²) in [6.45, 7) is 4.28. The Bertz CT molecular complexity index is 800. The molecular weight excluding hydrogens is 389 g/mol. The molecule has 0 aliphatic carbocycles. The van der Waals surface area contributed by atoms with E-state index >= 15 is 0 Å². The quantitative estimate of drug-likeness (QED) is 0.687. The maximum atomic E-state index is 13.8. The normalized spacial score (nSPS) is 12.4. The molecule has 1 aromatic heterocycles. The van der Waals surface area contributed by atoms with Crippen LogP contribution in [-0.2, 0) is 0 Å². The number of halogens is 2. The Morgan fingerprint density at radius 1 is 1.37 bits per heavy atom. The standard InChI is InChI=1S/C19H21ClFN3O2S/c1-12(2)17(14-6-4-7-15(21)16(14)20)26-13-10-23-18(24-11-13)19(25)22-8-5-9-27-3/h4-7,9-12,17H,8H2,1-3H3,(H,22,25)/b9-5+. The van der Waals surface area contributed by atoms with E-state index in [0.29, 0.717) is 17.9 Å². The van der Waals surface area contributed by atoms with Crippen LogP contribution in [0.25, 0.3) is 0 Å². The van der Waals surface area contributed by atoms with Gasteiger partial charge in [-0.05, 0) is 23.6 Å². The summed E-state index contributed by atoms with van der Waals surface area (Å²) in [4.78, 5) is 20.1. The zero-order chi connectivity index (χ0) is 19.8. The first-order valence-electron chi connectivity index (χ1n) is 8.32. The van der Waals surface area contributed by atoms with Gasteiger partial charge in [0.15, 0.2) is 5.75 Å². The monoisotopic (exact) mass is 409 g/mol. The minimum Gasteiger partial charge on any atom is -0.482 e. The molecule has 0 saturated carbocycles. The highest BCUT2D eigenvalue weighted by atomic mass is 35.5. The molecule has 0 spiro atoms. The van der Waals surface area contributed by atoms with Crippen molar-refractivity contribution >= 4 is 29.3 Å². The number of aromatic nitrogens is 2. The third-order valence-electron chi connectivity index (χ3n) is 3.60. The Morgan fingerprint density at radius 3 is 2.70 bits per heavy atom. The molecule has 5 nitrogen and oxygen atoms in total. The summed E-state index contributed by atoms with van der Waals surface area (Å²) < 4.78 is 19.7. The Balaban J connectivity index is 2.10. The fraction of sp³-hybridized carbons (Fsp3) is 0.316. The van der Waals surface area contributed by atoms with E-state index in [9.17, 15) is 9.18 Å². The van der Waals surface area contributed by atoms with Crippen molar-refractivity contribution < 1.29 is 13.9 Å². The molecule has 1 amide bonds. The third-order valence-corrected chi connectivity index (χ3v) is 4.46. The lowest BCUT2D eigenvalue weighted by Crippen LogP contribution is -2.25. The van der Waals surface area contributed by atoms with Gasteiger partial charge in [-0.1, -0.05) is 43.7 Å². The van der Waals surface area contributed by atoms with E-state index in [1.807, 2.05) is 31.6 Å². The zero-order valence-corrected chi connectivity index (χ0v) is 16.9. The lowest BCUT2D eigenvalue weighted by Gasteiger charge is -2.23. The molecule has 1 unspecified atom stereocenters. The first-order chi connectivity index (χ1) is 12.9. The topological polar surface area (TPSA) is 64.1 Å². The minimum absolute atomic E-state index is 0.0236. The Labute approximate surface area is 167 Å². The van der Waals surface area contributed by atoms with E-state index in [2.05, 4.69) is 15.3 Å². The second-order valence-electron chi connectivity index (χ2n) is 5.99. The number of amides is 1. The van der Waals surface area contributed by atoms with Gasteiger partial charge in [-0.2, -0.15) is 0 Å². The van der Waals surface area contributed by atoms with Crippen LogP contribution >= 0.6 is 23.4 Å². The molecule has 0 bridgehead atoms. The maximum Gasteiger partial charge on any atom is 0.289 e. The molecular formula is C19H21ClFN3O2S. The van der Waals surface area contributed by atoms with E-state index < -0.39 is 11.9 Å². The van der Waals surface area contributed by atoms with E-state index in [0.717, 1.165) is 0 Å². The average Bonchev–Trinajstić information content (AvgIpc) is 2.66. The van der Waals surface area contributed by atoms with Crippen LogP contribution in [0.4, 0.5) is 4.39 Å². The van der Waals surface area contributed by atoms with Gasteiger partial charge in [0.1, 0.15) is 11.9 Å². The van der Waals surface area contributed by atoms with Crippen LogP contribution in [0.15, 0.2) is 42.1 Å². The molecule has 0 aliphatic heterocycles. The molecule has 0 radical (unpaired) electrons. The average molecular weight is 410 g/mol. The van der Waals surface area contributed by atoms with Crippen molar-refractivity contribution in [1.29, 1.82) is 0 Å². The van der Waals surface area contributed by atoms with Gasteiger partial charge < -0.3 is 10.1 Å². The molecule has 0 aliphatic rings. The number of rotatable bonds is 8. The molecule has 1 aromatic carbocycles. The lowest BCUT2D eigenvalue weighted by atomic mass is 9.98. The van der Waals surface area contributed by atoms with Crippen LogP contribution in [0.3, 0.4) is 0 Å². The van der Waals surface area contributed by atoms with E-state index in [4.69, 9.17) is 16.3 Å². The SMILES string of the molecule is CS/C=C/CNC(=O)c1ncc(OC(c2cccc(F)c2Cl)C(C)C)cn1. The number of hydrogen-bond donors (Lipinski definition) is 1. The minimum atomic E-state index is -0.498. The van der Waals surface area contributed by atoms with Crippen molar-refractivity contribution in [1.82, 2.24) is 15.3 Å². The second kappa shape index (κ2) is 10.3. The number of ether oxygens (including phenoxy) is 1. The molecule has 1 atom stereocenters. The molecule has 2 aromatic rings. The van der Waals surface area contributed by atoms with E-state index in [1.54, 1.807) is 23.9 Å². The fourth-order valence-corrected chi connectivity index (χ4v) is 2.84. The molecule has 0 fully saturated rings. The number of benzene rings is 1. The molecule has 1 N–H and O–H groups in total. The number of nitrogens with zero attached hydrogens (tertiary/aromatic N) is 2. The summed E-state index contributed by atoms with van der Waals surface area (Å²) in [6, 6.07) is 4.61. The number of thioether (sulfide) groups is 1. The summed E-state index contributed by atoms with van der Waals surface area (Å²) in [6.07, 6.45) is 6.12. The lowest BCUT2D eigenvalue weighted by molar-refractivity contribution is 0.0947. The van der Waals surface area contributed by atoms with Gasteiger partial charge in [0.05, 0.1) is 17.4 Å². The predicted molar refractivity (Wildman–Crippen MR) is 107 cm³/mol. The molecule has 144 valence electrons. The fourth-order valence-electron chi connectivity index (χ4n) is 2.31. The van der Waals surface area contributed by atoms with E-state index in [1.165, 1.54) is 18.5 Å². The van der Waals surface area contributed by atoms with Crippen molar-refractivity contribution in [3.8, 4) is 5.75 Å². The Kier molecular flexibility index (Phi) is 8.06. The summed E-state index contributed by atoms with van der Waals surface area (Å²) in [5, 5.41) is 4.60. The first kappa shape index (κ1) is 21.2. The third kappa shape index (κ3) is 5.94. The van der Waals surface area contributed by atoms with Gasteiger partial charge in [0, 0.05) is 12.1 Å². The van der Waals surface area contributed by atoms with Gasteiger partial charge in [0.2, 0.25) is 5.82 Å². The largest absolute Gasteiger partial charge is 0.482 e. The van der Waals surface area contributed by atoms with Crippen molar-refractivity contribution in [3.05, 3.63) is 64.3 Å². The first-order valence-corrected chi connectivity index (χ1v) is 9.99. The summed E-state index contributed by atoms with van der Waals surface area (Å²) in [7, 11) is 0. The molecule has 27 heavy (non-hydrogen) atoms. The number of carbonyl (C=O) groups excluding carboxylic acids is 1. The smallest absolute Gasteiger partial charge is 0.289 e. The molecule has 2 rings (SSSR count). The Hall–Kier alpha value is -2.12. The van der Waals surface area contributed by atoms with Gasteiger partial charge in [-0.15, -0.1) is 11.8 Å². The van der Waals surface area contributed by atoms with Gasteiger partial charge >= 0.3 is 0 Å². The number of hydrogen-bond acceptors (Lipinski definition) is 5. The van der Waals surface area contributed by atoms with Crippen LogP contribution in [0.2, 0.25) is 5.02 Å². The second-order valence-corrected chi connectivity index (χ2v) is 7.11. The van der Waals surface area contributed by atoms with E-state index in [-0.39, 0.29) is 22.7 Å². The van der Waals surface area contributed by atoms with Gasteiger partial charge in [-0.25, -0.2) is 14.4 Å². The zero-order valence-electron chi connectivity index (χ0n) is 15.3. The predicted octanol–water partition coefficient (Wildman–Crippen LogP) is 4.65. The van der Waals surface area contributed by atoms with Crippen molar-refractivity contribution in [2.24, 2.45) is 5.92 Å². The maximum absolute atomic E-state index is 13.8. The summed E-state index contributed by atoms with van der Waals surface area (Å²) >= 11 is 7.64. The van der Waals surface area contributed by atoms with Gasteiger partial charge in [0.25, 0.3) is 5.91 Å². The van der Waals surface area contributed by atoms with Crippen molar-refractivity contribution in [2.45, 2.75) is 20.0 Å². The number of nitrogens with one attached hydrogen (secondary N) is 1. The summed E-state index contributed by atoms with van der Waals surface area (Å²) in [5.74, 6) is -0.434. The Morgan fingerprint density at radius 2 is 2.07 bits per heavy atom. The summed E-state index contributed by atoms with van der Waals surface area (Å²) in [5.41, 5.74) is 0.550. The van der Waals surface area contributed by atoms with Crippen molar-refractivity contribution in [3.63, 3.8) is 0 Å². The van der Waals surface area contributed by atoms with Crippen LogP contribution in [0, 0.1) is 11.7 Å². The van der Waals surface area contributed by atoms with Gasteiger partial charge in [-0.3, -0.25) is 4.79 Å². The number of carbonyl (C=O) groups is 1. The molecule has 8 heteroatoms.